The average molecular weight is 475 g/mol. The second kappa shape index (κ2) is 12.6. The van der Waals surface area contributed by atoms with Gasteiger partial charge in [0.15, 0.2) is 11.6 Å². The minimum absolute atomic E-state index is 0.451. The first-order valence-corrected chi connectivity index (χ1v) is 11.4. The summed E-state index contributed by atoms with van der Waals surface area (Å²) in [4.78, 5) is 39.2. The lowest BCUT2D eigenvalue weighted by atomic mass is 9.85. The Bertz CT molecular complexity index is 1350. The van der Waals surface area contributed by atoms with E-state index in [0.29, 0.717) is 16.7 Å². The second-order valence-corrected chi connectivity index (χ2v) is 8.15. The molecule has 0 bridgehead atoms. The Morgan fingerprint density at radius 2 is 1.44 bits per heavy atom. The van der Waals surface area contributed by atoms with Gasteiger partial charge in [-0.25, -0.2) is 0 Å². The van der Waals surface area contributed by atoms with Crippen molar-refractivity contribution in [2.24, 2.45) is 5.92 Å². The monoisotopic (exact) mass is 474 g/mol. The van der Waals surface area contributed by atoms with Gasteiger partial charge in [0.25, 0.3) is 0 Å². The molecule has 0 aliphatic carbocycles. The van der Waals surface area contributed by atoms with Gasteiger partial charge in [0.05, 0.1) is 17.7 Å². The van der Waals surface area contributed by atoms with Gasteiger partial charge in [0, 0.05) is 0 Å². The zero-order valence-electron chi connectivity index (χ0n) is 19.9. The van der Waals surface area contributed by atoms with E-state index in [1.165, 1.54) is 12.2 Å². The fourth-order valence-electron chi connectivity index (χ4n) is 3.69. The van der Waals surface area contributed by atoms with Gasteiger partial charge >= 0.3 is 0 Å². The SMILES string of the molecule is C=CC(=O)NC(c1ccccc1)C(C(=O)/C=C/c1ccccc1)C(=O)/C=C/c1ccc(C)c(C#N)c1. The Labute approximate surface area is 211 Å². The Morgan fingerprint density at radius 3 is 2.03 bits per heavy atom. The number of hydrogen-bond acceptors (Lipinski definition) is 4. The van der Waals surface area contributed by atoms with Crippen LogP contribution < -0.4 is 5.32 Å². The summed E-state index contributed by atoms with van der Waals surface area (Å²) in [6.07, 6.45) is 7.00. The third-order valence-electron chi connectivity index (χ3n) is 5.65. The smallest absolute Gasteiger partial charge is 0.243 e. The molecule has 5 heteroatoms. The van der Waals surface area contributed by atoms with E-state index in [9.17, 15) is 19.6 Å². The number of hydrogen-bond donors (Lipinski definition) is 1. The van der Waals surface area contributed by atoms with Crippen molar-refractivity contribution in [1.82, 2.24) is 5.32 Å². The number of rotatable bonds is 10. The summed E-state index contributed by atoms with van der Waals surface area (Å²) in [5, 5.41) is 12.1. The number of nitrogens with zero attached hydrogens (tertiary/aromatic N) is 1. The first kappa shape index (κ1) is 25.8. The molecule has 36 heavy (non-hydrogen) atoms. The molecule has 3 aromatic carbocycles. The Hall–Kier alpha value is -4.82. The molecule has 0 spiro atoms. The first-order valence-electron chi connectivity index (χ1n) is 11.4. The van der Waals surface area contributed by atoms with Crippen molar-refractivity contribution in [2.45, 2.75) is 13.0 Å². The van der Waals surface area contributed by atoms with E-state index in [2.05, 4.69) is 18.0 Å². The Morgan fingerprint density at radius 1 is 0.861 bits per heavy atom. The Balaban J connectivity index is 2.01. The molecule has 5 nitrogen and oxygen atoms in total. The van der Waals surface area contributed by atoms with Crippen LogP contribution in [0.1, 0.15) is 33.9 Å². The minimum atomic E-state index is -1.21. The lowest BCUT2D eigenvalue weighted by molar-refractivity contribution is -0.129. The molecule has 2 unspecified atom stereocenters. The third kappa shape index (κ3) is 6.85. The Kier molecular flexibility index (Phi) is 9.02. The van der Waals surface area contributed by atoms with Crippen LogP contribution in [0.3, 0.4) is 0 Å². The molecular formula is C31H26N2O3. The highest BCUT2D eigenvalue weighted by Gasteiger charge is 2.34. The summed E-state index contributed by atoms with van der Waals surface area (Å²) in [5.74, 6) is -2.64. The number of carbonyl (C=O) groups is 3. The number of aryl methyl sites for hydroxylation is 1. The van der Waals surface area contributed by atoms with E-state index in [4.69, 9.17) is 0 Å². The molecule has 0 heterocycles. The fraction of sp³-hybridized carbons (Fsp3) is 0.0968. The average Bonchev–Trinajstić information content (AvgIpc) is 2.92. The van der Waals surface area contributed by atoms with E-state index < -0.39 is 29.4 Å². The van der Waals surface area contributed by atoms with Crippen LogP contribution in [-0.2, 0) is 14.4 Å². The summed E-state index contributed by atoms with van der Waals surface area (Å²) in [6, 6.07) is 24.6. The topological polar surface area (TPSA) is 87.0 Å². The molecular weight excluding hydrogens is 448 g/mol. The molecule has 0 radical (unpaired) electrons. The lowest BCUT2D eigenvalue weighted by Gasteiger charge is -2.25. The van der Waals surface area contributed by atoms with Gasteiger partial charge < -0.3 is 5.32 Å². The third-order valence-corrected chi connectivity index (χ3v) is 5.65. The molecule has 0 saturated heterocycles. The molecule has 3 rings (SSSR count). The van der Waals surface area contributed by atoms with Crippen LogP contribution in [0.15, 0.2) is 104 Å². The van der Waals surface area contributed by atoms with Crippen molar-refractivity contribution in [3.05, 3.63) is 131 Å². The number of amides is 1. The molecule has 1 amide bonds. The van der Waals surface area contributed by atoms with Crippen LogP contribution in [0.2, 0.25) is 0 Å². The molecule has 0 aliphatic heterocycles. The first-order chi connectivity index (χ1) is 17.4. The van der Waals surface area contributed by atoms with E-state index in [1.807, 2.05) is 43.3 Å². The molecule has 1 N–H and O–H groups in total. The molecule has 2 atom stereocenters. The fourth-order valence-corrected chi connectivity index (χ4v) is 3.69. The van der Waals surface area contributed by atoms with Crippen LogP contribution in [0.5, 0.6) is 0 Å². The molecule has 178 valence electrons. The predicted molar refractivity (Wildman–Crippen MR) is 141 cm³/mol. The number of allylic oxidation sites excluding steroid dienone is 2. The summed E-state index contributed by atoms with van der Waals surface area (Å²) < 4.78 is 0. The number of ketones is 2. The quantitative estimate of drug-likeness (QED) is 0.315. The van der Waals surface area contributed by atoms with Crippen molar-refractivity contribution in [1.29, 1.82) is 5.26 Å². The van der Waals surface area contributed by atoms with Crippen LogP contribution in [0.4, 0.5) is 0 Å². The van der Waals surface area contributed by atoms with Crippen LogP contribution in [-0.4, -0.2) is 17.5 Å². The maximum absolute atomic E-state index is 13.5. The minimum Gasteiger partial charge on any atom is -0.345 e. The molecule has 0 aliphatic rings. The van der Waals surface area contributed by atoms with Gasteiger partial charge in [-0.2, -0.15) is 5.26 Å². The largest absolute Gasteiger partial charge is 0.345 e. The summed E-state index contributed by atoms with van der Waals surface area (Å²) in [5.41, 5.74) is 3.41. The van der Waals surface area contributed by atoms with Crippen LogP contribution >= 0.6 is 0 Å². The van der Waals surface area contributed by atoms with E-state index in [-0.39, 0.29) is 0 Å². The zero-order chi connectivity index (χ0) is 25.9. The molecule has 0 saturated carbocycles. The molecule has 0 aromatic heterocycles. The van der Waals surface area contributed by atoms with Crippen molar-refractivity contribution >= 4 is 29.6 Å². The highest BCUT2D eigenvalue weighted by molar-refractivity contribution is 6.14. The predicted octanol–water partition coefficient (Wildman–Crippen LogP) is 5.39. The number of carbonyl (C=O) groups excluding carboxylic acids is 3. The zero-order valence-corrected chi connectivity index (χ0v) is 19.9. The van der Waals surface area contributed by atoms with Crippen molar-refractivity contribution < 1.29 is 14.4 Å². The van der Waals surface area contributed by atoms with Gasteiger partial charge in [-0.1, -0.05) is 91.5 Å². The second-order valence-electron chi connectivity index (χ2n) is 8.15. The molecule has 3 aromatic rings. The van der Waals surface area contributed by atoms with E-state index in [1.54, 1.807) is 54.6 Å². The summed E-state index contributed by atoms with van der Waals surface area (Å²) in [7, 11) is 0. The number of nitrogens with one attached hydrogen (secondary N) is 1. The van der Waals surface area contributed by atoms with Crippen LogP contribution in [0, 0.1) is 24.2 Å². The number of benzene rings is 3. The van der Waals surface area contributed by atoms with Gasteiger partial charge in [-0.05, 0) is 53.5 Å². The normalized spacial score (nSPS) is 12.6. The maximum Gasteiger partial charge on any atom is 0.243 e. The molecule has 0 fully saturated rings. The van der Waals surface area contributed by atoms with Crippen LogP contribution in [0.25, 0.3) is 12.2 Å². The van der Waals surface area contributed by atoms with Gasteiger partial charge in [0.1, 0.15) is 5.92 Å². The van der Waals surface area contributed by atoms with Crippen molar-refractivity contribution in [3.8, 4) is 6.07 Å². The van der Waals surface area contributed by atoms with Crippen molar-refractivity contribution in [2.75, 3.05) is 0 Å². The van der Waals surface area contributed by atoms with E-state index in [0.717, 1.165) is 17.2 Å². The summed E-state index contributed by atoms with van der Waals surface area (Å²) >= 11 is 0. The number of nitriles is 1. The summed E-state index contributed by atoms with van der Waals surface area (Å²) in [6.45, 7) is 5.33. The highest BCUT2D eigenvalue weighted by atomic mass is 16.2. The lowest BCUT2D eigenvalue weighted by Crippen LogP contribution is -2.39. The van der Waals surface area contributed by atoms with Gasteiger partial charge in [-0.15, -0.1) is 0 Å². The van der Waals surface area contributed by atoms with Gasteiger partial charge in [0.2, 0.25) is 5.91 Å². The highest BCUT2D eigenvalue weighted by Crippen LogP contribution is 2.26. The van der Waals surface area contributed by atoms with Crippen molar-refractivity contribution in [3.63, 3.8) is 0 Å². The van der Waals surface area contributed by atoms with Gasteiger partial charge in [-0.3, -0.25) is 14.4 Å². The standard InChI is InChI=1S/C31H26N2O3/c1-3-29(36)33-31(25-12-8-5-9-13-25)30(27(34)18-16-23-10-6-4-7-11-23)28(35)19-17-24-15-14-22(2)26(20-24)21-32/h3-20,30-31H,1H2,2H3,(H,33,36)/b18-16+,19-17+. The maximum atomic E-state index is 13.5. The van der Waals surface area contributed by atoms with E-state index >= 15 is 0 Å².